The largest absolute Gasteiger partial charge is 0.480 e. The number of nitrogens with zero attached hydrogens (tertiary/aromatic N) is 1. The summed E-state index contributed by atoms with van der Waals surface area (Å²) in [6.45, 7) is 0.424. The van der Waals surface area contributed by atoms with Crippen molar-refractivity contribution in [1.82, 2.24) is 10.2 Å². The minimum atomic E-state index is -1.20. The van der Waals surface area contributed by atoms with Crippen molar-refractivity contribution in [2.75, 3.05) is 33.4 Å². The van der Waals surface area contributed by atoms with Crippen molar-refractivity contribution in [3.63, 3.8) is 0 Å². The number of rotatable bonds is 8. The van der Waals surface area contributed by atoms with E-state index in [2.05, 4.69) is 11.2 Å². The van der Waals surface area contributed by atoms with E-state index in [1.54, 1.807) is 0 Å². The number of terminal acetylenes is 1. The number of nitrogens with one attached hydrogen (secondary N) is 1. The van der Waals surface area contributed by atoms with Gasteiger partial charge in [-0.1, -0.05) is 0 Å². The van der Waals surface area contributed by atoms with E-state index in [9.17, 15) is 9.59 Å². The first-order valence-corrected chi connectivity index (χ1v) is 5.38. The summed E-state index contributed by atoms with van der Waals surface area (Å²) in [4.78, 5) is 23.8. The van der Waals surface area contributed by atoms with Crippen LogP contribution in [0, 0.1) is 12.3 Å². The highest BCUT2D eigenvalue weighted by atomic mass is 16.5. The highest BCUT2D eigenvalue weighted by Crippen LogP contribution is 1.96. The Bertz CT molecular complexity index is 313. The standard InChI is InChI=1S/C11H18N2O5/c1-3-4-9(10(15)16)12-11(17)13(5-7-14)6-8-18-2/h1,9,14H,4-8H2,2H3,(H,12,17)(H,15,16). The van der Waals surface area contributed by atoms with Crippen molar-refractivity contribution < 1.29 is 24.5 Å². The van der Waals surface area contributed by atoms with Gasteiger partial charge in [-0.3, -0.25) is 0 Å². The number of aliphatic carboxylic acids is 1. The fourth-order valence-electron chi connectivity index (χ4n) is 1.20. The average molecular weight is 258 g/mol. The Morgan fingerprint density at radius 2 is 2.17 bits per heavy atom. The predicted molar refractivity (Wildman–Crippen MR) is 63.9 cm³/mol. The van der Waals surface area contributed by atoms with E-state index in [0.717, 1.165) is 0 Å². The molecule has 0 saturated carbocycles. The van der Waals surface area contributed by atoms with Gasteiger partial charge in [0.05, 0.1) is 13.2 Å². The van der Waals surface area contributed by atoms with E-state index in [1.165, 1.54) is 12.0 Å². The lowest BCUT2D eigenvalue weighted by molar-refractivity contribution is -0.139. The molecule has 0 aliphatic carbocycles. The van der Waals surface area contributed by atoms with Crippen LogP contribution < -0.4 is 5.32 Å². The van der Waals surface area contributed by atoms with E-state index in [4.69, 9.17) is 21.4 Å². The Morgan fingerprint density at radius 3 is 2.61 bits per heavy atom. The van der Waals surface area contributed by atoms with Gasteiger partial charge in [-0.05, 0) is 0 Å². The van der Waals surface area contributed by atoms with Crippen molar-refractivity contribution in [2.24, 2.45) is 0 Å². The van der Waals surface area contributed by atoms with Gasteiger partial charge in [-0.25, -0.2) is 9.59 Å². The molecule has 0 spiro atoms. The van der Waals surface area contributed by atoms with Crippen LogP contribution >= 0.6 is 0 Å². The minimum Gasteiger partial charge on any atom is -0.480 e. The van der Waals surface area contributed by atoms with Crippen LogP contribution in [0.25, 0.3) is 0 Å². The molecule has 2 amide bonds. The molecule has 7 nitrogen and oxygen atoms in total. The molecular formula is C11H18N2O5. The van der Waals surface area contributed by atoms with Crippen LogP contribution in [-0.2, 0) is 9.53 Å². The van der Waals surface area contributed by atoms with Crippen LogP contribution in [0.4, 0.5) is 4.79 Å². The summed E-state index contributed by atoms with van der Waals surface area (Å²) in [5.41, 5.74) is 0. The molecule has 0 radical (unpaired) electrons. The first-order valence-electron chi connectivity index (χ1n) is 5.38. The maximum atomic E-state index is 11.7. The fourth-order valence-corrected chi connectivity index (χ4v) is 1.20. The molecule has 0 saturated heterocycles. The Kier molecular flexibility index (Phi) is 8.35. The second-order valence-corrected chi connectivity index (χ2v) is 3.45. The van der Waals surface area contributed by atoms with Gasteiger partial charge >= 0.3 is 12.0 Å². The zero-order chi connectivity index (χ0) is 14.0. The maximum Gasteiger partial charge on any atom is 0.327 e. The minimum absolute atomic E-state index is 0.0948. The van der Waals surface area contributed by atoms with Gasteiger partial charge < -0.3 is 25.2 Å². The lowest BCUT2D eigenvalue weighted by atomic mass is 10.2. The van der Waals surface area contributed by atoms with Gasteiger partial charge in [0.1, 0.15) is 6.04 Å². The number of ether oxygens (including phenoxy) is 1. The Morgan fingerprint density at radius 1 is 1.50 bits per heavy atom. The monoisotopic (exact) mass is 258 g/mol. The van der Waals surface area contributed by atoms with Gasteiger partial charge in [-0.2, -0.15) is 0 Å². The molecule has 0 heterocycles. The molecule has 0 aliphatic heterocycles. The molecule has 0 fully saturated rings. The van der Waals surface area contributed by atoms with E-state index >= 15 is 0 Å². The number of hydrogen-bond acceptors (Lipinski definition) is 4. The number of carbonyl (C=O) groups excluding carboxylic acids is 1. The summed E-state index contributed by atoms with van der Waals surface area (Å²) < 4.78 is 4.82. The lowest BCUT2D eigenvalue weighted by Gasteiger charge is -2.23. The molecule has 0 aliphatic rings. The van der Waals surface area contributed by atoms with Gasteiger partial charge in [-0.15, -0.1) is 12.3 Å². The number of aliphatic hydroxyl groups excluding tert-OH is 1. The van der Waals surface area contributed by atoms with Crippen LogP contribution in [0.5, 0.6) is 0 Å². The molecule has 18 heavy (non-hydrogen) atoms. The number of carbonyl (C=O) groups is 2. The Balaban J connectivity index is 4.46. The Labute approximate surface area is 106 Å². The van der Waals surface area contributed by atoms with Crippen LogP contribution in [-0.4, -0.2) is 66.6 Å². The maximum absolute atomic E-state index is 11.7. The number of carboxylic acids is 1. The van der Waals surface area contributed by atoms with E-state index in [0.29, 0.717) is 6.61 Å². The number of aliphatic hydroxyl groups is 1. The molecule has 0 aromatic heterocycles. The summed E-state index contributed by atoms with van der Waals surface area (Å²) in [5.74, 6) is 0.983. The highest BCUT2D eigenvalue weighted by molar-refractivity contribution is 5.82. The van der Waals surface area contributed by atoms with Crippen LogP contribution in [0.15, 0.2) is 0 Å². The molecular weight excluding hydrogens is 240 g/mol. The Hall–Kier alpha value is -1.78. The lowest BCUT2D eigenvalue weighted by Crippen LogP contribution is -2.49. The van der Waals surface area contributed by atoms with Crippen molar-refractivity contribution in [3.05, 3.63) is 0 Å². The normalized spacial score (nSPS) is 11.4. The third kappa shape index (κ3) is 6.08. The zero-order valence-electron chi connectivity index (χ0n) is 10.3. The smallest absolute Gasteiger partial charge is 0.327 e. The first kappa shape index (κ1) is 16.2. The summed E-state index contributed by atoms with van der Waals surface area (Å²) in [6, 6.07) is -1.73. The fraction of sp³-hybridized carbons (Fsp3) is 0.636. The van der Waals surface area contributed by atoms with Gasteiger partial charge in [0, 0.05) is 26.6 Å². The third-order valence-corrected chi connectivity index (χ3v) is 2.14. The van der Waals surface area contributed by atoms with E-state index in [-0.39, 0.29) is 26.1 Å². The summed E-state index contributed by atoms with van der Waals surface area (Å²) >= 11 is 0. The zero-order valence-corrected chi connectivity index (χ0v) is 10.3. The number of carboxylic acid groups (broad SMARTS) is 1. The number of urea groups is 1. The summed E-state index contributed by atoms with van der Waals surface area (Å²) in [5, 5.41) is 19.9. The molecule has 0 rings (SSSR count). The molecule has 7 heteroatoms. The number of hydrogen-bond donors (Lipinski definition) is 3. The van der Waals surface area contributed by atoms with Gasteiger partial charge in [0.15, 0.2) is 0 Å². The SMILES string of the molecule is C#CCC(NC(=O)N(CCO)CCOC)C(=O)O. The topological polar surface area (TPSA) is 99.1 Å². The second-order valence-electron chi connectivity index (χ2n) is 3.45. The first-order chi connectivity index (χ1) is 8.56. The summed E-state index contributed by atoms with van der Waals surface area (Å²) in [7, 11) is 1.48. The van der Waals surface area contributed by atoms with Crippen molar-refractivity contribution in [1.29, 1.82) is 0 Å². The van der Waals surface area contributed by atoms with E-state index in [1.807, 2.05) is 0 Å². The van der Waals surface area contributed by atoms with Gasteiger partial charge in [0.25, 0.3) is 0 Å². The third-order valence-electron chi connectivity index (χ3n) is 2.14. The molecule has 1 unspecified atom stereocenters. The van der Waals surface area contributed by atoms with E-state index < -0.39 is 18.0 Å². The van der Waals surface area contributed by atoms with Crippen molar-refractivity contribution in [3.8, 4) is 12.3 Å². The number of amides is 2. The van der Waals surface area contributed by atoms with Crippen molar-refractivity contribution >= 4 is 12.0 Å². The molecule has 0 aromatic rings. The molecule has 0 bridgehead atoms. The molecule has 0 aromatic carbocycles. The van der Waals surface area contributed by atoms with Crippen LogP contribution in [0.2, 0.25) is 0 Å². The quantitative estimate of drug-likeness (QED) is 0.491. The molecule has 102 valence electrons. The number of methoxy groups -OCH3 is 1. The molecule has 3 N–H and O–H groups in total. The van der Waals surface area contributed by atoms with Crippen LogP contribution in [0.3, 0.4) is 0 Å². The van der Waals surface area contributed by atoms with Gasteiger partial charge in [0.2, 0.25) is 0 Å². The summed E-state index contributed by atoms with van der Waals surface area (Å²) in [6.07, 6.45) is 4.92. The highest BCUT2D eigenvalue weighted by Gasteiger charge is 2.21. The predicted octanol–water partition coefficient (Wildman–Crippen LogP) is -0.887. The second kappa shape index (κ2) is 9.27. The molecule has 1 atom stereocenters. The van der Waals surface area contributed by atoms with Crippen LogP contribution in [0.1, 0.15) is 6.42 Å². The van der Waals surface area contributed by atoms with Crippen molar-refractivity contribution in [2.45, 2.75) is 12.5 Å². The average Bonchev–Trinajstić information content (AvgIpc) is 2.33.